The summed E-state index contributed by atoms with van der Waals surface area (Å²) in [5.41, 5.74) is 10.9. The van der Waals surface area contributed by atoms with E-state index in [9.17, 15) is 18.0 Å². The molecule has 0 radical (unpaired) electrons. The van der Waals surface area contributed by atoms with Crippen LogP contribution in [0.4, 0.5) is 30.6 Å². The van der Waals surface area contributed by atoms with Crippen LogP contribution >= 0.6 is 0 Å². The summed E-state index contributed by atoms with van der Waals surface area (Å²) in [6.45, 7) is 1.54. The van der Waals surface area contributed by atoms with Crippen molar-refractivity contribution in [3.05, 3.63) is 41.1 Å². The van der Waals surface area contributed by atoms with Crippen molar-refractivity contribution >= 4 is 23.4 Å². The van der Waals surface area contributed by atoms with E-state index >= 15 is 0 Å². The molecule has 9 heteroatoms. The minimum atomic E-state index is -4.41. The number of aromatic nitrogens is 2. The average molecular weight is 325 g/mol. The van der Waals surface area contributed by atoms with Gasteiger partial charge in [-0.15, -0.1) is 0 Å². The Morgan fingerprint density at radius 1 is 1.17 bits per heavy atom. The maximum Gasteiger partial charge on any atom is 0.416 e. The fourth-order valence-electron chi connectivity index (χ4n) is 2.02. The number of benzene rings is 1. The van der Waals surface area contributed by atoms with Gasteiger partial charge < -0.3 is 16.4 Å². The van der Waals surface area contributed by atoms with Crippen molar-refractivity contribution in [2.24, 2.45) is 5.73 Å². The number of amides is 1. The van der Waals surface area contributed by atoms with Gasteiger partial charge in [-0.25, -0.2) is 4.98 Å². The van der Waals surface area contributed by atoms with Gasteiger partial charge >= 0.3 is 6.18 Å². The number of anilines is 3. The Balaban J connectivity index is 2.37. The van der Waals surface area contributed by atoms with Crippen LogP contribution in [0, 0.1) is 6.92 Å². The van der Waals surface area contributed by atoms with Gasteiger partial charge in [0.15, 0.2) is 0 Å². The van der Waals surface area contributed by atoms with Crippen molar-refractivity contribution in [1.29, 1.82) is 0 Å². The van der Waals surface area contributed by atoms with Crippen LogP contribution in [0.15, 0.2) is 24.3 Å². The number of carbonyl (C=O) groups excluding carboxylic acids is 1. The molecule has 0 spiro atoms. The van der Waals surface area contributed by atoms with Gasteiger partial charge in [-0.1, -0.05) is 0 Å². The van der Waals surface area contributed by atoms with Crippen molar-refractivity contribution in [3.63, 3.8) is 0 Å². The SMILES string of the molecule is Cc1nc(N(C)c2ccc(C(F)(F)F)cc2)nc(N)c1C(N)=O. The Morgan fingerprint density at radius 3 is 2.17 bits per heavy atom. The summed E-state index contributed by atoms with van der Waals surface area (Å²) in [6, 6.07) is 4.50. The molecule has 0 saturated carbocycles. The zero-order valence-corrected chi connectivity index (χ0v) is 12.3. The molecule has 1 aromatic carbocycles. The fraction of sp³-hybridized carbons (Fsp3) is 0.214. The molecule has 0 fully saturated rings. The van der Waals surface area contributed by atoms with Gasteiger partial charge in [-0.2, -0.15) is 18.2 Å². The van der Waals surface area contributed by atoms with Crippen molar-refractivity contribution in [2.45, 2.75) is 13.1 Å². The van der Waals surface area contributed by atoms with Crippen molar-refractivity contribution < 1.29 is 18.0 Å². The van der Waals surface area contributed by atoms with E-state index in [1.54, 1.807) is 14.0 Å². The number of rotatable bonds is 3. The van der Waals surface area contributed by atoms with E-state index in [1.165, 1.54) is 17.0 Å². The minimum Gasteiger partial charge on any atom is -0.383 e. The Kier molecular flexibility index (Phi) is 4.13. The van der Waals surface area contributed by atoms with Crippen molar-refractivity contribution in [2.75, 3.05) is 17.7 Å². The first kappa shape index (κ1) is 16.5. The first-order chi connectivity index (χ1) is 10.6. The van der Waals surface area contributed by atoms with E-state index in [1.807, 2.05) is 0 Å². The number of carbonyl (C=O) groups is 1. The van der Waals surface area contributed by atoms with Crippen LogP contribution in [-0.4, -0.2) is 22.9 Å². The lowest BCUT2D eigenvalue weighted by atomic mass is 10.2. The fourth-order valence-corrected chi connectivity index (χ4v) is 2.02. The van der Waals surface area contributed by atoms with E-state index < -0.39 is 17.6 Å². The predicted molar refractivity (Wildman–Crippen MR) is 79.2 cm³/mol. The van der Waals surface area contributed by atoms with Crippen molar-refractivity contribution in [3.8, 4) is 0 Å². The molecule has 122 valence electrons. The number of hydrogen-bond donors (Lipinski definition) is 2. The molecule has 0 atom stereocenters. The Hall–Kier alpha value is -2.84. The molecule has 23 heavy (non-hydrogen) atoms. The molecular formula is C14H14F3N5O. The summed E-state index contributed by atoms with van der Waals surface area (Å²) in [7, 11) is 1.57. The standard InChI is InChI=1S/C14H14F3N5O/c1-7-10(12(19)23)11(18)21-13(20-7)22(2)9-5-3-8(4-6-9)14(15,16)17/h3-6H,1-2H3,(H2,19,23)(H2,18,20,21). The molecule has 1 amide bonds. The summed E-state index contributed by atoms with van der Waals surface area (Å²) in [5.74, 6) is -0.688. The van der Waals surface area contributed by atoms with Crippen LogP contribution in [0.25, 0.3) is 0 Å². The number of nitrogens with two attached hydrogens (primary N) is 2. The smallest absolute Gasteiger partial charge is 0.383 e. The maximum atomic E-state index is 12.6. The molecule has 4 N–H and O–H groups in total. The Labute approximate surface area is 129 Å². The van der Waals surface area contributed by atoms with Gasteiger partial charge in [0.1, 0.15) is 11.4 Å². The molecule has 0 bridgehead atoms. The van der Waals surface area contributed by atoms with Gasteiger partial charge in [0, 0.05) is 12.7 Å². The van der Waals surface area contributed by atoms with Crippen molar-refractivity contribution in [1.82, 2.24) is 9.97 Å². The van der Waals surface area contributed by atoms with Gasteiger partial charge in [0.2, 0.25) is 5.95 Å². The third-order valence-corrected chi connectivity index (χ3v) is 3.23. The molecule has 1 aromatic heterocycles. The second kappa shape index (κ2) is 5.75. The van der Waals surface area contributed by atoms with Gasteiger partial charge in [0.25, 0.3) is 5.91 Å². The summed E-state index contributed by atoms with van der Waals surface area (Å²) in [6.07, 6.45) is -4.41. The second-order valence-corrected chi connectivity index (χ2v) is 4.84. The molecule has 1 heterocycles. The predicted octanol–water partition coefficient (Wildman–Crippen LogP) is 2.25. The van der Waals surface area contributed by atoms with Gasteiger partial charge in [-0.05, 0) is 31.2 Å². The maximum absolute atomic E-state index is 12.6. The van der Waals surface area contributed by atoms with Crippen LogP contribution in [0.2, 0.25) is 0 Å². The topological polar surface area (TPSA) is 98.1 Å². The van der Waals surface area contributed by atoms with Crippen LogP contribution in [-0.2, 0) is 6.18 Å². The summed E-state index contributed by atoms with van der Waals surface area (Å²) >= 11 is 0. The number of halogens is 3. The zero-order valence-electron chi connectivity index (χ0n) is 12.3. The van der Waals surface area contributed by atoms with Crippen LogP contribution in [0.3, 0.4) is 0 Å². The lowest BCUT2D eigenvalue weighted by Crippen LogP contribution is -2.21. The highest BCUT2D eigenvalue weighted by Crippen LogP contribution is 2.31. The first-order valence-electron chi connectivity index (χ1n) is 6.46. The van der Waals surface area contributed by atoms with Crippen LogP contribution in [0.5, 0.6) is 0 Å². The Bertz CT molecular complexity index is 720. The molecule has 0 unspecified atom stereocenters. The van der Waals surface area contributed by atoms with Gasteiger partial charge in [0.05, 0.1) is 11.3 Å². The van der Waals surface area contributed by atoms with E-state index in [0.29, 0.717) is 11.4 Å². The molecule has 6 nitrogen and oxygen atoms in total. The summed E-state index contributed by atoms with van der Waals surface area (Å²) in [5, 5.41) is 0. The second-order valence-electron chi connectivity index (χ2n) is 4.84. The van der Waals surface area contributed by atoms with Crippen LogP contribution in [0.1, 0.15) is 21.6 Å². The Morgan fingerprint density at radius 2 is 1.74 bits per heavy atom. The molecule has 0 aliphatic rings. The highest BCUT2D eigenvalue weighted by molar-refractivity contribution is 5.98. The lowest BCUT2D eigenvalue weighted by Gasteiger charge is -2.19. The highest BCUT2D eigenvalue weighted by atomic mass is 19.4. The zero-order chi connectivity index (χ0) is 17.4. The number of nitrogen functional groups attached to an aromatic ring is 1. The molecule has 2 aromatic rings. The largest absolute Gasteiger partial charge is 0.416 e. The van der Waals surface area contributed by atoms with Gasteiger partial charge in [-0.3, -0.25) is 4.79 Å². The first-order valence-corrected chi connectivity index (χ1v) is 6.46. The third-order valence-electron chi connectivity index (χ3n) is 3.23. The van der Waals surface area contributed by atoms with E-state index in [2.05, 4.69) is 9.97 Å². The summed E-state index contributed by atoms with van der Waals surface area (Å²) in [4.78, 5) is 20.8. The minimum absolute atomic E-state index is 0.0227. The normalized spacial score (nSPS) is 11.3. The van der Waals surface area contributed by atoms with E-state index in [4.69, 9.17) is 11.5 Å². The monoisotopic (exact) mass is 325 g/mol. The molecule has 0 aliphatic carbocycles. The average Bonchev–Trinajstić information content (AvgIpc) is 2.44. The number of hydrogen-bond acceptors (Lipinski definition) is 5. The summed E-state index contributed by atoms with van der Waals surface area (Å²) < 4.78 is 37.7. The number of aryl methyl sites for hydroxylation is 1. The molecular weight excluding hydrogens is 311 g/mol. The highest BCUT2D eigenvalue weighted by Gasteiger charge is 2.30. The van der Waals surface area contributed by atoms with E-state index in [0.717, 1.165) is 12.1 Å². The quantitative estimate of drug-likeness (QED) is 0.902. The number of nitrogens with zero attached hydrogens (tertiary/aromatic N) is 3. The van der Waals surface area contributed by atoms with Crippen LogP contribution < -0.4 is 16.4 Å². The molecule has 0 saturated heterocycles. The lowest BCUT2D eigenvalue weighted by molar-refractivity contribution is -0.137. The number of primary amides is 1. The number of alkyl halides is 3. The van der Waals surface area contributed by atoms with E-state index in [-0.39, 0.29) is 17.3 Å². The molecule has 0 aliphatic heterocycles. The third kappa shape index (κ3) is 3.33. The molecule has 2 rings (SSSR count).